The van der Waals surface area contributed by atoms with Crippen molar-refractivity contribution >= 4 is 23.2 Å². The molecule has 1 aliphatic heterocycles. The van der Waals surface area contributed by atoms with Gasteiger partial charge in [0, 0.05) is 24.6 Å². The van der Waals surface area contributed by atoms with Crippen LogP contribution in [0.4, 0.5) is 11.4 Å². The van der Waals surface area contributed by atoms with Gasteiger partial charge in [-0.1, -0.05) is 12.5 Å². The normalized spacial score (nSPS) is 14.4. The molecule has 30 heavy (non-hydrogen) atoms. The second-order valence-corrected chi connectivity index (χ2v) is 7.47. The number of likely N-dealkylation sites (tertiary alicyclic amines) is 1. The van der Waals surface area contributed by atoms with E-state index in [9.17, 15) is 9.59 Å². The van der Waals surface area contributed by atoms with Gasteiger partial charge in [-0.05, 0) is 62.3 Å². The van der Waals surface area contributed by atoms with Crippen molar-refractivity contribution in [3.8, 4) is 0 Å². The second-order valence-electron chi connectivity index (χ2n) is 7.47. The maximum Gasteiger partial charge on any atom is 0.291 e. The lowest BCUT2D eigenvalue weighted by Gasteiger charge is -2.25. The number of piperidine rings is 1. The molecule has 156 valence electrons. The van der Waals surface area contributed by atoms with Crippen LogP contribution in [0.2, 0.25) is 0 Å². The van der Waals surface area contributed by atoms with Gasteiger partial charge in [-0.2, -0.15) is 5.10 Å². The first-order chi connectivity index (χ1) is 14.6. The van der Waals surface area contributed by atoms with Crippen LogP contribution in [0.3, 0.4) is 0 Å². The van der Waals surface area contributed by atoms with Crippen LogP contribution in [-0.4, -0.2) is 39.6 Å². The Bertz CT molecular complexity index is 1030. The Kier molecular flexibility index (Phi) is 5.94. The Balaban J connectivity index is 1.36. The molecule has 0 atom stereocenters. The van der Waals surface area contributed by atoms with Gasteiger partial charge >= 0.3 is 0 Å². The van der Waals surface area contributed by atoms with Crippen LogP contribution >= 0.6 is 0 Å². The lowest BCUT2D eigenvalue weighted by Crippen LogP contribution is -2.28. The summed E-state index contributed by atoms with van der Waals surface area (Å²) in [6.45, 7) is 2.86. The Labute approximate surface area is 174 Å². The van der Waals surface area contributed by atoms with Gasteiger partial charge in [0.2, 0.25) is 0 Å². The highest BCUT2D eigenvalue weighted by atomic mass is 16.4. The summed E-state index contributed by atoms with van der Waals surface area (Å²) in [5, 5.41) is 9.68. The SMILES string of the molecule is Cn1ccc(C(=O)Nc2cccc(NC(=O)c3ccc(CN4CCCCC4)o3)c2)n1. The standard InChI is InChI=1S/C22H25N5O3/c1-26-13-10-19(25-26)21(28)23-16-6-5-7-17(14-16)24-22(29)20-9-8-18(30-20)15-27-11-3-2-4-12-27/h5-10,13-14H,2-4,11-12,15H2,1H3,(H,23,28)(H,24,29). The number of carbonyl (C=O) groups excluding carboxylic acids is 2. The Morgan fingerprint density at radius 2 is 1.73 bits per heavy atom. The van der Waals surface area contributed by atoms with Crippen molar-refractivity contribution in [1.29, 1.82) is 0 Å². The first-order valence-corrected chi connectivity index (χ1v) is 10.1. The molecule has 1 fully saturated rings. The zero-order valence-electron chi connectivity index (χ0n) is 16.9. The predicted molar refractivity (Wildman–Crippen MR) is 113 cm³/mol. The van der Waals surface area contributed by atoms with Crippen molar-refractivity contribution in [2.24, 2.45) is 7.05 Å². The number of hydrogen-bond acceptors (Lipinski definition) is 5. The zero-order valence-corrected chi connectivity index (χ0v) is 16.9. The maximum absolute atomic E-state index is 12.6. The molecule has 2 N–H and O–H groups in total. The van der Waals surface area contributed by atoms with Crippen LogP contribution in [-0.2, 0) is 13.6 Å². The highest BCUT2D eigenvalue weighted by Crippen LogP contribution is 2.19. The van der Waals surface area contributed by atoms with Crippen molar-refractivity contribution in [2.45, 2.75) is 25.8 Å². The van der Waals surface area contributed by atoms with Crippen LogP contribution in [0.25, 0.3) is 0 Å². The van der Waals surface area contributed by atoms with E-state index in [2.05, 4.69) is 20.6 Å². The van der Waals surface area contributed by atoms with Crippen molar-refractivity contribution < 1.29 is 14.0 Å². The van der Waals surface area contributed by atoms with E-state index in [1.54, 1.807) is 54.3 Å². The average molecular weight is 407 g/mol. The summed E-state index contributed by atoms with van der Waals surface area (Å²) in [6.07, 6.45) is 5.40. The first kappa shape index (κ1) is 19.9. The van der Waals surface area contributed by atoms with Gasteiger partial charge < -0.3 is 15.1 Å². The van der Waals surface area contributed by atoms with E-state index in [1.165, 1.54) is 19.3 Å². The summed E-state index contributed by atoms with van der Waals surface area (Å²) in [5.41, 5.74) is 1.45. The predicted octanol–water partition coefficient (Wildman–Crippen LogP) is 3.50. The summed E-state index contributed by atoms with van der Waals surface area (Å²) in [5.74, 6) is 0.420. The molecule has 0 radical (unpaired) electrons. The molecule has 2 aromatic heterocycles. The smallest absolute Gasteiger partial charge is 0.291 e. The van der Waals surface area contributed by atoms with Gasteiger partial charge in [0.25, 0.3) is 11.8 Å². The van der Waals surface area contributed by atoms with Crippen LogP contribution in [0, 0.1) is 0 Å². The fraction of sp³-hybridized carbons (Fsp3) is 0.318. The molecule has 2 amide bonds. The lowest BCUT2D eigenvalue weighted by atomic mass is 10.1. The Morgan fingerprint density at radius 1 is 1.00 bits per heavy atom. The van der Waals surface area contributed by atoms with Gasteiger partial charge in [-0.25, -0.2) is 0 Å². The molecule has 0 spiro atoms. The second kappa shape index (κ2) is 8.96. The number of aromatic nitrogens is 2. The van der Waals surface area contributed by atoms with Crippen LogP contribution in [0.15, 0.2) is 53.1 Å². The van der Waals surface area contributed by atoms with E-state index >= 15 is 0 Å². The van der Waals surface area contributed by atoms with Crippen molar-refractivity contribution in [3.05, 3.63) is 65.9 Å². The first-order valence-electron chi connectivity index (χ1n) is 10.1. The minimum Gasteiger partial charge on any atom is -0.455 e. The number of benzene rings is 1. The number of furan rings is 1. The number of amides is 2. The molecule has 1 aliphatic rings. The third-order valence-electron chi connectivity index (χ3n) is 5.04. The van der Waals surface area contributed by atoms with Gasteiger partial charge in [-0.15, -0.1) is 0 Å². The van der Waals surface area contributed by atoms with Crippen LogP contribution < -0.4 is 10.6 Å². The summed E-state index contributed by atoms with van der Waals surface area (Å²) in [4.78, 5) is 27.2. The lowest BCUT2D eigenvalue weighted by molar-refractivity contribution is 0.0990. The van der Waals surface area contributed by atoms with E-state index in [1.807, 2.05) is 6.07 Å². The van der Waals surface area contributed by atoms with E-state index in [0.29, 0.717) is 17.1 Å². The van der Waals surface area contributed by atoms with Crippen molar-refractivity contribution in [3.63, 3.8) is 0 Å². The average Bonchev–Trinajstić information content (AvgIpc) is 3.38. The fourth-order valence-corrected chi connectivity index (χ4v) is 3.52. The van der Waals surface area contributed by atoms with E-state index in [0.717, 1.165) is 25.4 Å². The molecule has 3 aromatic rings. The number of hydrogen-bond donors (Lipinski definition) is 2. The van der Waals surface area contributed by atoms with Crippen LogP contribution in [0.1, 0.15) is 46.1 Å². The molecule has 0 unspecified atom stereocenters. The topological polar surface area (TPSA) is 92.4 Å². The summed E-state index contributed by atoms with van der Waals surface area (Å²) < 4.78 is 7.31. The quantitative estimate of drug-likeness (QED) is 0.652. The molecular weight excluding hydrogens is 382 g/mol. The van der Waals surface area contributed by atoms with Gasteiger partial charge in [0.15, 0.2) is 11.5 Å². The zero-order chi connectivity index (χ0) is 20.9. The number of nitrogens with zero attached hydrogens (tertiary/aromatic N) is 3. The van der Waals surface area contributed by atoms with E-state index in [-0.39, 0.29) is 17.6 Å². The summed E-state index contributed by atoms with van der Waals surface area (Å²) in [6, 6.07) is 12.1. The van der Waals surface area contributed by atoms with Crippen molar-refractivity contribution in [2.75, 3.05) is 23.7 Å². The number of nitrogens with one attached hydrogen (secondary N) is 2. The van der Waals surface area contributed by atoms with Crippen molar-refractivity contribution in [1.82, 2.24) is 14.7 Å². The molecule has 0 saturated carbocycles. The molecule has 8 heteroatoms. The van der Waals surface area contributed by atoms with Gasteiger partial charge in [-0.3, -0.25) is 19.2 Å². The minimum atomic E-state index is -0.326. The Hall–Kier alpha value is -3.39. The molecule has 4 rings (SSSR count). The molecule has 0 bridgehead atoms. The largest absolute Gasteiger partial charge is 0.455 e. The highest BCUT2D eigenvalue weighted by molar-refractivity contribution is 6.04. The molecular formula is C22H25N5O3. The van der Waals surface area contributed by atoms with Gasteiger partial charge in [0.05, 0.1) is 6.54 Å². The van der Waals surface area contributed by atoms with Gasteiger partial charge in [0.1, 0.15) is 5.76 Å². The minimum absolute atomic E-state index is 0.268. The molecule has 0 aliphatic carbocycles. The highest BCUT2D eigenvalue weighted by Gasteiger charge is 2.16. The molecule has 3 heterocycles. The number of rotatable bonds is 6. The van der Waals surface area contributed by atoms with E-state index in [4.69, 9.17) is 4.42 Å². The summed E-state index contributed by atoms with van der Waals surface area (Å²) in [7, 11) is 1.75. The molecule has 1 saturated heterocycles. The number of aryl methyl sites for hydroxylation is 1. The van der Waals surface area contributed by atoms with E-state index < -0.39 is 0 Å². The molecule has 1 aromatic carbocycles. The third kappa shape index (κ3) is 4.96. The number of carbonyl (C=O) groups is 2. The number of anilines is 2. The molecule has 8 nitrogen and oxygen atoms in total. The fourth-order valence-electron chi connectivity index (χ4n) is 3.52. The van der Waals surface area contributed by atoms with Crippen LogP contribution in [0.5, 0.6) is 0 Å². The third-order valence-corrected chi connectivity index (χ3v) is 5.04. The Morgan fingerprint density at radius 3 is 2.43 bits per heavy atom. The summed E-state index contributed by atoms with van der Waals surface area (Å²) >= 11 is 0. The monoisotopic (exact) mass is 407 g/mol. The maximum atomic E-state index is 12.6.